The van der Waals surface area contributed by atoms with Crippen LogP contribution in [0.2, 0.25) is 0 Å². The van der Waals surface area contributed by atoms with E-state index in [2.05, 4.69) is 199 Å². The lowest BCUT2D eigenvalue weighted by molar-refractivity contribution is 0.669. The molecule has 11 aromatic rings. The first kappa shape index (κ1) is 32.8. The van der Waals surface area contributed by atoms with Gasteiger partial charge in [-0.3, -0.25) is 0 Å². The Balaban J connectivity index is 1.10. The minimum atomic E-state index is 0.841. The predicted molar refractivity (Wildman–Crippen MR) is 237 cm³/mol. The van der Waals surface area contributed by atoms with Gasteiger partial charge < -0.3 is 13.7 Å². The molecule has 0 fully saturated rings. The number of para-hydroxylation sites is 3. The topological polar surface area (TPSA) is 29.5 Å². The second-order valence-corrected chi connectivity index (χ2v) is 14.5. The Kier molecular flexibility index (Phi) is 7.82. The highest BCUT2D eigenvalue weighted by atomic mass is 16.3. The minimum absolute atomic E-state index is 0.841. The Morgan fingerprint density at radius 2 is 0.737 bits per heavy atom. The highest BCUT2D eigenvalue weighted by Gasteiger charge is 2.24. The maximum Gasteiger partial charge on any atom is 0.160 e. The summed E-state index contributed by atoms with van der Waals surface area (Å²) >= 11 is 0. The van der Waals surface area contributed by atoms with Crippen molar-refractivity contribution in [2.75, 3.05) is 4.90 Å². The largest absolute Gasteiger partial charge is 0.455 e. The summed E-state index contributed by atoms with van der Waals surface area (Å²) in [4.78, 5) is 2.35. The van der Waals surface area contributed by atoms with E-state index in [-0.39, 0.29) is 0 Å². The summed E-state index contributed by atoms with van der Waals surface area (Å²) in [5.74, 6) is 0. The van der Waals surface area contributed by atoms with E-state index >= 15 is 0 Å². The Bertz CT molecular complexity index is 3210. The molecule has 0 aliphatic rings. The van der Waals surface area contributed by atoms with Crippen LogP contribution in [0.5, 0.6) is 0 Å². The van der Waals surface area contributed by atoms with Gasteiger partial charge in [-0.05, 0) is 81.9 Å². The molecule has 0 saturated carbocycles. The van der Waals surface area contributed by atoms with Gasteiger partial charge in [0.25, 0.3) is 0 Å². The summed E-state index contributed by atoms with van der Waals surface area (Å²) in [6.07, 6.45) is 0. The van der Waals surface area contributed by atoms with Crippen LogP contribution in [0.15, 0.2) is 221 Å². The first-order valence-corrected chi connectivity index (χ1v) is 19.3. The standard InChI is InChI=1S/C54H35NO2/c1-3-13-36(14-4-1)40-17-11-18-41(35-40)37-25-29-42(30-26-37)55(43-31-27-39(28-32-43)45-21-12-22-48-46-19-7-9-23-50(46)56-53(45)48)52-44(38-15-5-2-6-16-38)33-34-49-47-20-8-10-24-51(47)57-54(49)52/h1-35H. The van der Waals surface area contributed by atoms with Crippen molar-refractivity contribution in [2.45, 2.75) is 0 Å². The molecular formula is C54H35NO2. The van der Waals surface area contributed by atoms with Crippen molar-refractivity contribution in [3.8, 4) is 44.5 Å². The molecule has 0 bridgehead atoms. The normalized spacial score (nSPS) is 11.5. The monoisotopic (exact) mass is 729 g/mol. The van der Waals surface area contributed by atoms with Crippen LogP contribution in [0.3, 0.4) is 0 Å². The third kappa shape index (κ3) is 5.68. The van der Waals surface area contributed by atoms with Crippen LogP contribution in [0, 0.1) is 0 Å². The van der Waals surface area contributed by atoms with E-state index in [1.165, 1.54) is 16.7 Å². The third-order valence-corrected chi connectivity index (χ3v) is 11.1. The molecule has 0 unspecified atom stereocenters. The number of rotatable bonds is 7. The Morgan fingerprint density at radius 1 is 0.281 bits per heavy atom. The zero-order chi connectivity index (χ0) is 37.7. The lowest BCUT2D eigenvalue weighted by atomic mass is 9.97. The van der Waals surface area contributed by atoms with Gasteiger partial charge in [0, 0.05) is 44.0 Å². The lowest BCUT2D eigenvalue weighted by Crippen LogP contribution is -2.11. The fourth-order valence-corrected chi connectivity index (χ4v) is 8.33. The molecule has 0 saturated heterocycles. The second kappa shape index (κ2) is 13.6. The van der Waals surface area contributed by atoms with Crippen LogP contribution in [0.4, 0.5) is 17.1 Å². The number of fused-ring (bicyclic) bond motifs is 6. The number of hydrogen-bond donors (Lipinski definition) is 0. The number of nitrogens with zero attached hydrogens (tertiary/aromatic N) is 1. The fraction of sp³-hybridized carbons (Fsp3) is 0. The summed E-state index contributed by atoms with van der Waals surface area (Å²) in [5.41, 5.74) is 15.6. The molecule has 9 aromatic carbocycles. The van der Waals surface area contributed by atoms with E-state index in [1.54, 1.807) is 0 Å². The van der Waals surface area contributed by atoms with Crippen molar-refractivity contribution < 1.29 is 8.83 Å². The number of benzene rings is 9. The summed E-state index contributed by atoms with van der Waals surface area (Å²) in [5, 5.41) is 4.41. The first-order valence-electron chi connectivity index (χ1n) is 19.3. The first-order chi connectivity index (χ1) is 28.3. The Labute approximate surface area is 330 Å². The average molecular weight is 730 g/mol. The van der Waals surface area contributed by atoms with Gasteiger partial charge in [0.1, 0.15) is 16.7 Å². The molecule has 0 amide bonds. The molecule has 11 rings (SSSR count). The summed E-state index contributed by atoms with van der Waals surface area (Å²) in [6.45, 7) is 0. The molecule has 0 radical (unpaired) electrons. The van der Waals surface area contributed by atoms with Gasteiger partial charge in [0.05, 0.1) is 5.69 Å². The minimum Gasteiger partial charge on any atom is -0.455 e. The SMILES string of the molecule is c1ccc(-c2cccc(-c3ccc(N(c4ccc(-c5cccc6c5oc5ccccc56)cc4)c4c(-c5ccccc5)ccc5c4oc4ccccc45)cc3)c2)cc1. The number of furan rings is 2. The van der Waals surface area contributed by atoms with Gasteiger partial charge in [-0.1, -0.05) is 164 Å². The van der Waals surface area contributed by atoms with Crippen LogP contribution in [0.1, 0.15) is 0 Å². The van der Waals surface area contributed by atoms with Gasteiger partial charge in [-0.15, -0.1) is 0 Å². The van der Waals surface area contributed by atoms with Crippen LogP contribution in [-0.4, -0.2) is 0 Å². The summed E-state index contributed by atoms with van der Waals surface area (Å²) in [6, 6.07) is 75.0. The van der Waals surface area contributed by atoms with Crippen LogP contribution < -0.4 is 4.90 Å². The smallest absolute Gasteiger partial charge is 0.160 e. The van der Waals surface area contributed by atoms with Crippen molar-refractivity contribution in [3.63, 3.8) is 0 Å². The average Bonchev–Trinajstić information content (AvgIpc) is 3.87. The van der Waals surface area contributed by atoms with Gasteiger partial charge >= 0.3 is 0 Å². The van der Waals surface area contributed by atoms with E-state index < -0.39 is 0 Å². The van der Waals surface area contributed by atoms with Crippen LogP contribution in [-0.2, 0) is 0 Å². The molecule has 0 N–H and O–H groups in total. The summed E-state index contributed by atoms with van der Waals surface area (Å²) in [7, 11) is 0. The second-order valence-electron chi connectivity index (χ2n) is 14.5. The van der Waals surface area contributed by atoms with Crippen molar-refractivity contribution >= 4 is 60.9 Å². The van der Waals surface area contributed by atoms with Crippen molar-refractivity contribution in [2.24, 2.45) is 0 Å². The molecule has 0 aliphatic heterocycles. The molecule has 57 heavy (non-hydrogen) atoms. The molecule has 0 atom stereocenters. The summed E-state index contributed by atoms with van der Waals surface area (Å²) < 4.78 is 13.3. The maximum atomic E-state index is 6.83. The maximum absolute atomic E-state index is 6.83. The van der Waals surface area contributed by atoms with E-state index in [4.69, 9.17) is 8.83 Å². The molecule has 3 heteroatoms. The van der Waals surface area contributed by atoms with Crippen molar-refractivity contribution in [1.29, 1.82) is 0 Å². The molecule has 0 aliphatic carbocycles. The zero-order valence-electron chi connectivity index (χ0n) is 31.0. The number of anilines is 3. The molecule has 3 nitrogen and oxygen atoms in total. The van der Waals surface area contributed by atoms with E-state index in [1.807, 2.05) is 18.2 Å². The zero-order valence-corrected chi connectivity index (χ0v) is 31.0. The molecule has 2 aromatic heterocycles. The molecule has 0 spiro atoms. The Morgan fingerprint density at radius 3 is 1.39 bits per heavy atom. The van der Waals surface area contributed by atoms with Crippen LogP contribution >= 0.6 is 0 Å². The lowest BCUT2D eigenvalue weighted by Gasteiger charge is -2.28. The number of hydrogen-bond acceptors (Lipinski definition) is 3. The van der Waals surface area contributed by atoms with Crippen molar-refractivity contribution in [3.05, 3.63) is 212 Å². The van der Waals surface area contributed by atoms with Gasteiger partial charge in [-0.2, -0.15) is 0 Å². The predicted octanol–water partition coefficient (Wildman–Crippen LogP) is 15.6. The van der Waals surface area contributed by atoms with Gasteiger partial charge in [0.2, 0.25) is 0 Å². The molecule has 268 valence electrons. The van der Waals surface area contributed by atoms with Gasteiger partial charge in [0.15, 0.2) is 5.58 Å². The molecular weight excluding hydrogens is 695 g/mol. The Hall–Kier alpha value is -7.62. The highest BCUT2D eigenvalue weighted by Crippen LogP contribution is 2.48. The van der Waals surface area contributed by atoms with E-state index in [0.717, 1.165) is 88.8 Å². The highest BCUT2D eigenvalue weighted by molar-refractivity contribution is 6.14. The van der Waals surface area contributed by atoms with E-state index in [0.29, 0.717) is 0 Å². The fourth-order valence-electron chi connectivity index (χ4n) is 8.33. The van der Waals surface area contributed by atoms with Gasteiger partial charge in [-0.25, -0.2) is 0 Å². The van der Waals surface area contributed by atoms with E-state index in [9.17, 15) is 0 Å². The third-order valence-electron chi connectivity index (χ3n) is 11.1. The van der Waals surface area contributed by atoms with Crippen molar-refractivity contribution in [1.82, 2.24) is 0 Å². The van der Waals surface area contributed by atoms with Crippen LogP contribution in [0.25, 0.3) is 88.4 Å². The quantitative estimate of drug-likeness (QED) is 0.164. The molecule has 2 heterocycles.